The highest BCUT2D eigenvalue weighted by Crippen LogP contribution is 2.11. The van der Waals surface area contributed by atoms with Gasteiger partial charge in [0, 0.05) is 19.1 Å². The number of rotatable bonds is 5. The van der Waals surface area contributed by atoms with Crippen LogP contribution in [0.25, 0.3) is 0 Å². The Morgan fingerprint density at radius 3 is 2.42 bits per heavy atom. The third kappa shape index (κ3) is 4.89. The molecule has 106 valence electrons. The van der Waals surface area contributed by atoms with Gasteiger partial charge in [-0.25, -0.2) is 10.8 Å². The first-order valence-corrected chi connectivity index (χ1v) is 6.60. The van der Waals surface area contributed by atoms with Gasteiger partial charge in [-0.15, -0.1) is 0 Å². The van der Waals surface area contributed by atoms with Gasteiger partial charge in [0.15, 0.2) is 0 Å². The molecule has 0 radical (unpaired) electrons. The topological polar surface area (TPSA) is 56.9 Å². The molecule has 0 spiro atoms. The van der Waals surface area contributed by atoms with Crippen molar-refractivity contribution in [3.05, 3.63) is 30.3 Å². The second kappa shape index (κ2) is 7.76. The zero-order valence-electron chi connectivity index (χ0n) is 12.3. The molecule has 0 heterocycles. The Morgan fingerprint density at radius 2 is 1.95 bits per heavy atom. The van der Waals surface area contributed by atoms with Gasteiger partial charge in [0.05, 0.1) is 5.69 Å². The summed E-state index contributed by atoms with van der Waals surface area (Å²) >= 11 is 0. The summed E-state index contributed by atoms with van der Waals surface area (Å²) in [5, 5.41) is 0. The van der Waals surface area contributed by atoms with E-state index in [4.69, 9.17) is 5.84 Å². The molecule has 0 aliphatic heterocycles. The van der Waals surface area contributed by atoms with Gasteiger partial charge in [0.2, 0.25) is 5.96 Å². The first-order valence-electron chi connectivity index (χ1n) is 6.60. The molecule has 0 saturated carbocycles. The maximum Gasteiger partial charge on any atom is 0.213 e. The maximum atomic E-state index is 5.63. The molecule has 1 atom stereocenters. The van der Waals surface area contributed by atoms with Gasteiger partial charge in [-0.05, 0) is 40.1 Å². The number of nitrogens with two attached hydrogens (primary N) is 1. The van der Waals surface area contributed by atoms with Crippen LogP contribution in [-0.2, 0) is 0 Å². The molecule has 5 nitrogen and oxygen atoms in total. The van der Waals surface area contributed by atoms with E-state index in [2.05, 4.69) is 48.2 Å². The number of nitrogens with zero attached hydrogens (tertiary/aromatic N) is 3. The minimum absolute atomic E-state index is 0.332. The van der Waals surface area contributed by atoms with Crippen LogP contribution in [0.3, 0.4) is 0 Å². The van der Waals surface area contributed by atoms with E-state index >= 15 is 0 Å². The fourth-order valence-electron chi connectivity index (χ4n) is 2.10. The zero-order chi connectivity index (χ0) is 14.3. The summed E-state index contributed by atoms with van der Waals surface area (Å²) in [6.07, 6.45) is 0. The molecular weight excluding hydrogens is 238 g/mol. The number of hydrogen-bond acceptors (Lipinski definition) is 3. The highest BCUT2D eigenvalue weighted by atomic mass is 15.4. The second-order valence-corrected chi connectivity index (χ2v) is 4.81. The molecule has 0 fully saturated rings. The molecule has 0 aliphatic carbocycles. The van der Waals surface area contributed by atoms with E-state index in [0.29, 0.717) is 12.0 Å². The Bertz CT molecular complexity index is 388. The van der Waals surface area contributed by atoms with Crippen molar-refractivity contribution in [2.75, 3.05) is 27.2 Å². The average molecular weight is 263 g/mol. The molecule has 0 aliphatic rings. The molecule has 0 amide bonds. The predicted molar refractivity (Wildman–Crippen MR) is 81.3 cm³/mol. The lowest BCUT2D eigenvalue weighted by atomic mass is 10.2. The smallest absolute Gasteiger partial charge is 0.213 e. The molecule has 1 aromatic rings. The summed E-state index contributed by atoms with van der Waals surface area (Å²) in [4.78, 5) is 8.88. The first kappa shape index (κ1) is 15.5. The van der Waals surface area contributed by atoms with Gasteiger partial charge < -0.3 is 9.80 Å². The standard InChI is InChI=1S/C14H25N5/c1-5-19(12(2)11-18(3)4)14(17-15)16-13-9-7-6-8-10-13/h6-10,12H,5,11,15H2,1-4H3,(H,16,17). The van der Waals surface area contributed by atoms with Crippen molar-refractivity contribution in [2.45, 2.75) is 19.9 Å². The van der Waals surface area contributed by atoms with Crippen LogP contribution in [0.15, 0.2) is 35.3 Å². The summed E-state index contributed by atoms with van der Waals surface area (Å²) < 4.78 is 0. The van der Waals surface area contributed by atoms with Crippen molar-refractivity contribution >= 4 is 11.6 Å². The van der Waals surface area contributed by atoms with Crippen molar-refractivity contribution in [3.63, 3.8) is 0 Å². The number of para-hydroxylation sites is 1. The van der Waals surface area contributed by atoms with Gasteiger partial charge in [0.1, 0.15) is 0 Å². The number of hydrazine groups is 1. The highest BCUT2D eigenvalue weighted by molar-refractivity contribution is 5.82. The Balaban J connectivity index is 2.89. The fraction of sp³-hybridized carbons (Fsp3) is 0.500. The lowest BCUT2D eigenvalue weighted by Crippen LogP contribution is -2.51. The minimum atomic E-state index is 0.332. The lowest BCUT2D eigenvalue weighted by molar-refractivity contribution is 0.258. The summed E-state index contributed by atoms with van der Waals surface area (Å²) in [5.74, 6) is 6.33. The van der Waals surface area contributed by atoms with Crippen molar-refractivity contribution in [1.82, 2.24) is 15.2 Å². The number of guanidine groups is 1. The van der Waals surface area contributed by atoms with Crippen LogP contribution < -0.4 is 11.3 Å². The molecule has 1 aromatic carbocycles. The van der Waals surface area contributed by atoms with E-state index in [1.807, 2.05) is 30.3 Å². The van der Waals surface area contributed by atoms with Crippen molar-refractivity contribution < 1.29 is 0 Å². The van der Waals surface area contributed by atoms with E-state index < -0.39 is 0 Å². The summed E-state index contributed by atoms with van der Waals surface area (Å²) in [7, 11) is 4.13. The average Bonchev–Trinajstić information content (AvgIpc) is 2.38. The Labute approximate surface area is 116 Å². The number of aliphatic imine (C=N–C) groups is 1. The normalized spacial score (nSPS) is 13.5. The van der Waals surface area contributed by atoms with Gasteiger partial charge in [-0.3, -0.25) is 5.43 Å². The van der Waals surface area contributed by atoms with Crippen LogP contribution >= 0.6 is 0 Å². The largest absolute Gasteiger partial charge is 0.338 e. The van der Waals surface area contributed by atoms with Crippen molar-refractivity contribution in [1.29, 1.82) is 0 Å². The summed E-state index contributed by atoms with van der Waals surface area (Å²) in [6.45, 7) is 6.07. The fourth-order valence-corrected chi connectivity index (χ4v) is 2.10. The molecule has 0 saturated heterocycles. The van der Waals surface area contributed by atoms with Crippen LogP contribution in [0.2, 0.25) is 0 Å². The molecule has 19 heavy (non-hydrogen) atoms. The molecule has 0 bridgehead atoms. The Kier molecular flexibility index (Phi) is 6.32. The van der Waals surface area contributed by atoms with Gasteiger partial charge >= 0.3 is 0 Å². The third-order valence-electron chi connectivity index (χ3n) is 2.89. The lowest BCUT2D eigenvalue weighted by Gasteiger charge is -2.32. The van der Waals surface area contributed by atoms with E-state index in [0.717, 1.165) is 18.8 Å². The molecule has 1 rings (SSSR count). The van der Waals surface area contributed by atoms with Crippen LogP contribution in [0.4, 0.5) is 5.69 Å². The van der Waals surface area contributed by atoms with Crippen LogP contribution in [-0.4, -0.2) is 49.0 Å². The van der Waals surface area contributed by atoms with Gasteiger partial charge in [0.25, 0.3) is 0 Å². The van der Waals surface area contributed by atoms with Gasteiger partial charge in [-0.1, -0.05) is 18.2 Å². The SMILES string of the molecule is CCN(C(=Nc1ccccc1)NN)C(C)CN(C)C. The summed E-state index contributed by atoms with van der Waals surface area (Å²) in [6, 6.07) is 10.2. The number of hydrogen-bond donors (Lipinski definition) is 2. The van der Waals surface area contributed by atoms with Crippen molar-refractivity contribution in [2.24, 2.45) is 10.8 Å². The molecular formula is C14H25N5. The number of nitrogens with one attached hydrogen (secondary N) is 1. The van der Waals surface area contributed by atoms with Crippen LogP contribution in [0.1, 0.15) is 13.8 Å². The monoisotopic (exact) mass is 263 g/mol. The van der Waals surface area contributed by atoms with Crippen LogP contribution in [0.5, 0.6) is 0 Å². The van der Waals surface area contributed by atoms with Crippen molar-refractivity contribution in [3.8, 4) is 0 Å². The van der Waals surface area contributed by atoms with E-state index in [1.165, 1.54) is 0 Å². The molecule has 5 heteroatoms. The van der Waals surface area contributed by atoms with Gasteiger partial charge in [-0.2, -0.15) is 0 Å². The molecule has 0 aromatic heterocycles. The van der Waals surface area contributed by atoms with Crippen LogP contribution in [0, 0.1) is 0 Å². The number of benzene rings is 1. The third-order valence-corrected chi connectivity index (χ3v) is 2.89. The predicted octanol–water partition coefficient (Wildman–Crippen LogP) is 1.41. The summed E-state index contributed by atoms with van der Waals surface area (Å²) in [5.41, 5.74) is 3.61. The van der Waals surface area contributed by atoms with E-state index in [-0.39, 0.29) is 0 Å². The highest BCUT2D eigenvalue weighted by Gasteiger charge is 2.16. The van der Waals surface area contributed by atoms with E-state index in [1.54, 1.807) is 0 Å². The maximum absolute atomic E-state index is 5.63. The second-order valence-electron chi connectivity index (χ2n) is 4.81. The molecule has 3 N–H and O–H groups in total. The Morgan fingerprint density at radius 1 is 1.32 bits per heavy atom. The quantitative estimate of drug-likeness (QED) is 0.365. The zero-order valence-corrected chi connectivity index (χ0v) is 12.3. The Hall–Kier alpha value is -1.59. The molecule has 1 unspecified atom stereocenters. The number of likely N-dealkylation sites (N-methyl/N-ethyl adjacent to an activating group) is 2. The first-order chi connectivity index (χ1) is 9.08. The minimum Gasteiger partial charge on any atom is -0.338 e. The van der Waals surface area contributed by atoms with E-state index in [9.17, 15) is 0 Å².